The summed E-state index contributed by atoms with van der Waals surface area (Å²) in [5.41, 5.74) is 1.05. The third-order valence-electron chi connectivity index (χ3n) is 2.49. The van der Waals surface area contributed by atoms with E-state index in [2.05, 4.69) is 0 Å². The molecule has 0 saturated carbocycles. The van der Waals surface area contributed by atoms with Crippen molar-refractivity contribution in [1.29, 1.82) is 0 Å². The minimum absolute atomic E-state index is 0.200. The lowest BCUT2D eigenvalue weighted by atomic mass is 10.1. The average Bonchev–Trinajstić information content (AvgIpc) is 2.40. The van der Waals surface area contributed by atoms with Crippen molar-refractivity contribution < 1.29 is 18.7 Å². The largest absolute Gasteiger partial charge is 0.478 e. The summed E-state index contributed by atoms with van der Waals surface area (Å²) in [7, 11) is 0. The van der Waals surface area contributed by atoms with Gasteiger partial charge in [0.25, 0.3) is 0 Å². The fourth-order valence-electron chi connectivity index (χ4n) is 1.49. The molecule has 19 heavy (non-hydrogen) atoms. The molecule has 0 aromatic heterocycles. The van der Waals surface area contributed by atoms with Gasteiger partial charge in [0.15, 0.2) is 0 Å². The van der Waals surface area contributed by atoms with Crippen molar-refractivity contribution in [2.75, 3.05) is 0 Å². The lowest BCUT2D eigenvalue weighted by Crippen LogP contribution is -1.95. The molecule has 0 aliphatic heterocycles. The minimum atomic E-state index is -0.990. The quantitative estimate of drug-likeness (QED) is 0.861. The molecule has 98 valence electrons. The molecule has 5 heteroatoms. The van der Waals surface area contributed by atoms with Crippen LogP contribution in [0.4, 0.5) is 8.78 Å². The van der Waals surface area contributed by atoms with Gasteiger partial charge in [-0.2, -0.15) is 0 Å². The zero-order valence-electron chi connectivity index (χ0n) is 9.77. The highest BCUT2D eigenvalue weighted by molar-refractivity contribution is 7.98. The standard InChI is InChI=1S/C14H10F2O2S/c15-11-5-6-12(16)13(7-11)19-8-9-1-3-10(4-2-9)14(17)18/h1-7H,8H2,(H,17,18). The molecule has 0 bridgehead atoms. The Hall–Kier alpha value is -1.88. The van der Waals surface area contributed by atoms with E-state index in [9.17, 15) is 13.6 Å². The zero-order valence-corrected chi connectivity index (χ0v) is 10.6. The van der Waals surface area contributed by atoms with Crippen LogP contribution in [0.3, 0.4) is 0 Å². The summed E-state index contributed by atoms with van der Waals surface area (Å²) >= 11 is 1.17. The Balaban J connectivity index is 2.06. The molecule has 1 N–H and O–H groups in total. The van der Waals surface area contributed by atoms with Crippen LogP contribution in [0.1, 0.15) is 15.9 Å². The van der Waals surface area contributed by atoms with E-state index in [4.69, 9.17) is 5.11 Å². The zero-order chi connectivity index (χ0) is 13.8. The second kappa shape index (κ2) is 5.84. The van der Waals surface area contributed by atoms with Crippen molar-refractivity contribution >= 4 is 17.7 Å². The first-order valence-electron chi connectivity index (χ1n) is 5.46. The van der Waals surface area contributed by atoms with Crippen LogP contribution in [0.5, 0.6) is 0 Å². The van der Waals surface area contributed by atoms with Crippen LogP contribution in [-0.2, 0) is 5.75 Å². The van der Waals surface area contributed by atoms with Gasteiger partial charge in [-0.25, -0.2) is 13.6 Å². The summed E-state index contributed by atoms with van der Waals surface area (Å²) in [5, 5.41) is 8.75. The number of benzene rings is 2. The summed E-state index contributed by atoms with van der Waals surface area (Å²) in [6.07, 6.45) is 0. The maximum Gasteiger partial charge on any atom is 0.335 e. The van der Waals surface area contributed by atoms with E-state index in [1.165, 1.54) is 23.9 Å². The molecule has 0 atom stereocenters. The van der Waals surface area contributed by atoms with Gasteiger partial charge in [-0.05, 0) is 35.9 Å². The Kier molecular flexibility index (Phi) is 4.16. The molecule has 2 rings (SSSR count). The molecule has 0 spiro atoms. The number of thioether (sulfide) groups is 1. The van der Waals surface area contributed by atoms with Crippen LogP contribution in [0.15, 0.2) is 47.4 Å². The highest BCUT2D eigenvalue weighted by atomic mass is 32.2. The Morgan fingerprint density at radius 1 is 1.11 bits per heavy atom. The smallest absolute Gasteiger partial charge is 0.335 e. The highest BCUT2D eigenvalue weighted by Gasteiger charge is 2.06. The van der Waals surface area contributed by atoms with Crippen molar-refractivity contribution in [2.45, 2.75) is 10.6 Å². The lowest BCUT2D eigenvalue weighted by Gasteiger charge is -2.04. The molecule has 0 heterocycles. The van der Waals surface area contributed by atoms with Gasteiger partial charge in [-0.3, -0.25) is 0 Å². The molecule has 2 aromatic rings. The monoisotopic (exact) mass is 280 g/mol. The number of hydrogen-bond donors (Lipinski definition) is 1. The summed E-state index contributed by atoms with van der Waals surface area (Å²) in [6.45, 7) is 0. The van der Waals surface area contributed by atoms with Gasteiger partial charge >= 0.3 is 5.97 Å². The van der Waals surface area contributed by atoms with E-state index in [1.54, 1.807) is 12.1 Å². The number of rotatable bonds is 4. The maximum atomic E-state index is 13.4. The van der Waals surface area contributed by atoms with Gasteiger partial charge in [0.05, 0.1) is 5.56 Å². The molecule has 2 nitrogen and oxygen atoms in total. The number of hydrogen-bond acceptors (Lipinski definition) is 2. The molecule has 0 aliphatic carbocycles. The molecule has 0 unspecified atom stereocenters. The fourth-order valence-corrected chi connectivity index (χ4v) is 2.41. The normalized spacial score (nSPS) is 10.4. The third kappa shape index (κ3) is 3.54. The van der Waals surface area contributed by atoms with E-state index >= 15 is 0 Å². The van der Waals surface area contributed by atoms with Crippen molar-refractivity contribution in [1.82, 2.24) is 0 Å². The average molecular weight is 280 g/mol. The van der Waals surface area contributed by atoms with Crippen LogP contribution in [0.25, 0.3) is 0 Å². The van der Waals surface area contributed by atoms with Crippen LogP contribution >= 0.6 is 11.8 Å². The topological polar surface area (TPSA) is 37.3 Å². The number of halogens is 2. The molecule has 0 saturated heterocycles. The van der Waals surface area contributed by atoms with Crippen molar-refractivity contribution in [3.8, 4) is 0 Å². The van der Waals surface area contributed by atoms with E-state index in [0.29, 0.717) is 5.75 Å². The lowest BCUT2D eigenvalue weighted by molar-refractivity contribution is 0.0697. The fraction of sp³-hybridized carbons (Fsp3) is 0.0714. The van der Waals surface area contributed by atoms with Crippen molar-refractivity contribution in [3.05, 3.63) is 65.2 Å². The highest BCUT2D eigenvalue weighted by Crippen LogP contribution is 2.26. The summed E-state index contributed by atoms with van der Waals surface area (Å²) in [4.78, 5) is 10.9. The predicted octanol–water partition coefficient (Wildman–Crippen LogP) is 3.96. The van der Waals surface area contributed by atoms with Crippen LogP contribution < -0.4 is 0 Å². The van der Waals surface area contributed by atoms with Crippen molar-refractivity contribution in [3.63, 3.8) is 0 Å². The summed E-state index contributed by atoms with van der Waals surface area (Å²) in [5.74, 6) is -1.49. The predicted molar refractivity (Wildman–Crippen MR) is 69.3 cm³/mol. The van der Waals surface area contributed by atoms with Gasteiger partial charge in [0.1, 0.15) is 11.6 Å². The Bertz CT molecular complexity index is 597. The molecule has 0 amide bonds. The summed E-state index contributed by atoms with van der Waals surface area (Å²) < 4.78 is 26.3. The summed E-state index contributed by atoms with van der Waals surface area (Å²) in [6, 6.07) is 9.60. The van der Waals surface area contributed by atoms with Gasteiger partial charge < -0.3 is 5.11 Å². The Morgan fingerprint density at radius 3 is 2.42 bits per heavy atom. The SMILES string of the molecule is O=C(O)c1ccc(CSc2cc(F)ccc2F)cc1. The molecule has 0 radical (unpaired) electrons. The second-order valence-corrected chi connectivity index (χ2v) is 4.88. The van der Waals surface area contributed by atoms with Crippen LogP contribution in [0.2, 0.25) is 0 Å². The van der Waals surface area contributed by atoms with Gasteiger partial charge in [-0.15, -0.1) is 11.8 Å². The van der Waals surface area contributed by atoms with Gasteiger partial charge in [-0.1, -0.05) is 12.1 Å². The van der Waals surface area contributed by atoms with E-state index in [-0.39, 0.29) is 10.5 Å². The molecule has 0 fully saturated rings. The maximum absolute atomic E-state index is 13.4. The van der Waals surface area contributed by atoms with Crippen LogP contribution in [-0.4, -0.2) is 11.1 Å². The minimum Gasteiger partial charge on any atom is -0.478 e. The number of aromatic carboxylic acids is 1. The van der Waals surface area contributed by atoms with E-state index < -0.39 is 17.6 Å². The first-order valence-corrected chi connectivity index (χ1v) is 6.45. The van der Waals surface area contributed by atoms with Gasteiger partial charge in [0.2, 0.25) is 0 Å². The third-order valence-corrected chi connectivity index (χ3v) is 3.59. The molecule has 0 aliphatic rings. The van der Waals surface area contributed by atoms with Crippen LogP contribution in [0, 0.1) is 11.6 Å². The molecular weight excluding hydrogens is 270 g/mol. The number of carboxylic acids is 1. The Labute approximate surface area is 113 Å². The second-order valence-electron chi connectivity index (χ2n) is 3.87. The van der Waals surface area contributed by atoms with E-state index in [1.807, 2.05) is 0 Å². The first-order chi connectivity index (χ1) is 9.06. The van der Waals surface area contributed by atoms with Gasteiger partial charge in [0, 0.05) is 10.6 Å². The molecular formula is C14H10F2O2S. The Morgan fingerprint density at radius 2 is 1.79 bits per heavy atom. The number of carboxylic acid groups (broad SMARTS) is 1. The first kappa shape index (κ1) is 13.5. The molecule has 2 aromatic carbocycles. The van der Waals surface area contributed by atoms with Crippen molar-refractivity contribution in [2.24, 2.45) is 0 Å². The van der Waals surface area contributed by atoms with E-state index in [0.717, 1.165) is 23.8 Å². The number of carbonyl (C=O) groups is 1.